The average Bonchev–Trinajstić information content (AvgIpc) is 3.21. The van der Waals surface area contributed by atoms with Crippen molar-refractivity contribution in [2.45, 2.75) is 17.6 Å². The highest BCUT2D eigenvalue weighted by Gasteiger charge is 2.50. The minimum absolute atomic E-state index is 0.00648. The minimum atomic E-state index is -1.29. The van der Waals surface area contributed by atoms with Gasteiger partial charge in [-0.2, -0.15) is 5.01 Å². The second-order valence-corrected chi connectivity index (χ2v) is 8.13. The van der Waals surface area contributed by atoms with Gasteiger partial charge in [0.1, 0.15) is 11.3 Å². The van der Waals surface area contributed by atoms with Crippen LogP contribution in [0.2, 0.25) is 0 Å². The van der Waals surface area contributed by atoms with Gasteiger partial charge in [-0.1, -0.05) is 36.0 Å². The summed E-state index contributed by atoms with van der Waals surface area (Å²) in [5, 5.41) is 4.04. The number of hydrazine groups is 1. The Hall–Kier alpha value is -3.53. The normalized spacial score (nSPS) is 18.4. The number of aryl methyl sites for hydroxylation is 1. The lowest BCUT2D eigenvalue weighted by Crippen LogP contribution is -2.48. The summed E-state index contributed by atoms with van der Waals surface area (Å²) in [4.78, 5) is 42.3. The number of urea groups is 1. The van der Waals surface area contributed by atoms with Crippen LogP contribution in [0.25, 0.3) is 11.0 Å². The number of rotatable bonds is 6. The Kier molecular flexibility index (Phi) is 5.32. The highest BCUT2D eigenvalue weighted by Crippen LogP contribution is 2.29. The maximum absolute atomic E-state index is 12.9. The van der Waals surface area contributed by atoms with Crippen LogP contribution in [0.15, 0.2) is 53.7 Å². The molecule has 160 valence electrons. The Labute approximate surface area is 182 Å². The topological polar surface area (TPSA) is 106 Å². The summed E-state index contributed by atoms with van der Waals surface area (Å²) in [6, 6.07) is 13.8. The third-order valence-corrected chi connectivity index (χ3v) is 6.20. The van der Waals surface area contributed by atoms with E-state index in [1.165, 1.54) is 11.8 Å². The Morgan fingerprint density at radius 3 is 2.58 bits per heavy atom. The van der Waals surface area contributed by atoms with Gasteiger partial charge in [-0.25, -0.2) is 9.78 Å². The molecule has 0 bridgehead atoms. The molecule has 1 atom stereocenters. The number of carbonyl (C=O) groups excluding carboxylic acids is 3. The quantitative estimate of drug-likeness (QED) is 0.451. The van der Waals surface area contributed by atoms with Crippen molar-refractivity contribution in [3.05, 3.63) is 54.1 Å². The van der Waals surface area contributed by atoms with Crippen LogP contribution in [0.1, 0.15) is 12.5 Å². The van der Waals surface area contributed by atoms with Gasteiger partial charge < -0.3 is 14.6 Å². The van der Waals surface area contributed by atoms with Crippen LogP contribution in [0.4, 0.5) is 4.79 Å². The van der Waals surface area contributed by atoms with E-state index < -0.39 is 23.4 Å². The number of thioether (sulfide) groups is 1. The Morgan fingerprint density at radius 2 is 1.90 bits per heavy atom. The Balaban J connectivity index is 1.43. The molecule has 0 radical (unpaired) electrons. The van der Waals surface area contributed by atoms with Crippen molar-refractivity contribution in [1.29, 1.82) is 0 Å². The molecule has 9 nitrogen and oxygen atoms in total. The highest BCUT2D eigenvalue weighted by atomic mass is 32.2. The van der Waals surface area contributed by atoms with Crippen molar-refractivity contribution in [1.82, 2.24) is 25.3 Å². The fraction of sp³-hybridized carbons (Fsp3) is 0.238. The van der Waals surface area contributed by atoms with Gasteiger partial charge in [-0.3, -0.25) is 15.0 Å². The summed E-state index contributed by atoms with van der Waals surface area (Å²) in [5.74, 6) is -0.426. The number of fused-ring (bicyclic) bond motifs is 1. The molecular formula is C21H21N5O4S. The summed E-state index contributed by atoms with van der Waals surface area (Å²) in [6.45, 7) is 1.59. The number of nitrogens with one attached hydrogen (secondary N) is 2. The lowest BCUT2D eigenvalue weighted by Gasteiger charge is -2.22. The lowest BCUT2D eigenvalue weighted by atomic mass is 9.92. The van der Waals surface area contributed by atoms with E-state index in [0.29, 0.717) is 16.5 Å². The predicted molar refractivity (Wildman–Crippen MR) is 115 cm³/mol. The van der Waals surface area contributed by atoms with Gasteiger partial charge in [-0.15, -0.1) is 0 Å². The molecule has 1 aliphatic heterocycles. The SMILES string of the molecule is COc1ccc([C@]2(C)NC(=O)N(NC(=O)CSc3nc4ccccc4n3C)C2=O)cc1. The van der Waals surface area contributed by atoms with E-state index in [9.17, 15) is 14.4 Å². The monoisotopic (exact) mass is 439 g/mol. The Morgan fingerprint density at radius 1 is 1.19 bits per heavy atom. The van der Waals surface area contributed by atoms with Crippen molar-refractivity contribution in [3.63, 3.8) is 0 Å². The number of benzene rings is 2. The number of para-hydroxylation sites is 2. The van der Waals surface area contributed by atoms with E-state index >= 15 is 0 Å². The smallest absolute Gasteiger partial charge is 0.344 e. The van der Waals surface area contributed by atoms with Gasteiger partial charge in [0.15, 0.2) is 5.16 Å². The zero-order valence-corrected chi connectivity index (χ0v) is 18.0. The molecule has 31 heavy (non-hydrogen) atoms. The molecular weight excluding hydrogens is 418 g/mol. The summed E-state index contributed by atoms with van der Waals surface area (Å²) in [7, 11) is 3.41. The molecule has 1 fully saturated rings. The molecule has 10 heteroatoms. The molecule has 0 spiro atoms. The van der Waals surface area contributed by atoms with Crippen LogP contribution < -0.4 is 15.5 Å². The van der Waals surface area contributed by atoms with E-state index in [1.807, 2.05) is 35.9 Å². The first kappa shape index (κ1) is 20.7. The molecule has 2 aromatic carbocycles. The summed E-state index contributed by atoms with van der Waals surface area (Å²) >= 11 is 1.22. The maximum Gasteiger partial charge on any atom is 0.344 e. The van der Waals surface area contributed by atoms with Crippen LogP contribution in [-0.2, 0) is 22.2 Å². The first-order valence-electron chi connectivity index (χ1n) is 9.48. The molecule has 0 unspecified atom stereocenters. The number of aromatic nitrogens is 2. The number of imide groups is 1. The second kappa shape index (κ2) is 7.95. The third kappa shape index (κ3) is 3.70. The summed E-state index contributed by atoms with van der Waals surface area (Å²) in [5.41, 5.74) is 3.47. The van der Waals surface area contributed by atoms with E-state index in [2.05, 4.69) is 15.7 Å². The average molecular weight is 439 g/mol. The van der Waals surface area contributed by atoms with Gasteiger partial charge in [0.2, 0.25) is 5.91 Å². The van der Waals surface area contributed by atoms with E-state index in [1.54, 1.807) is 38.3 Å². The summed E-state index contributed by atoms with van der Waals surface area (Å²) in [6.07, 6.45) is 0. The molecule has 0 aliphatic carbocycles. The fourth-order valence-electron chi connectivity index (χ4n) is 3.40. The number of hydrogen-bond donors (Lipinski definition) is 2. The largest absolute Gasteiger partial charge is 0.497 e. The third-order valence-electron chi connectivity index (χ3n) is 5.17. The van der Waals surface area contributed by atoms with Gasteiger partial charge in [0, 0.05) is 7.05 Å². The minimum Gasteiger partial charge on any atom is -0.497 e. The number of imidazole rings is 1. The predicted octanol–water partition coefficient (Wildman–Crippen LogP) is 2.17. The number of hydrogen-bond acceptors (Lipinski definition) is 6. The number of ether oxygens (including phenoxy) is 1. The first-order chi connectivity index (χ1) is 14.8. The van der Waals surface area contributed by atoms with Gasteiger partial charge in [0.05, 0.1) is 23.9 Å². The number of nitrogens with zero attached hydrogens (tertiary/aromatic N) is 3. The van der Waals surface area contributed by atoms with Crippen LogP contribution in [0.5, 0.6) is 5.75 Å². The van der Waals surface area contributed by atoms with Crippen LogP contribution in [0.3, 0.4) is 0 Å². The van der Waals surface area contributed by atoms with E-state index in [4.69, 9.17) is 4.74 Å². The van der Waals surface area contributed by atoms with E-state index in [0.717, 1.165) is 16.0 Å². The molecule has 1 saturated heterocycles. The molecule has 2 heterocycles. The summed E-state index contributed by atoms with van der Waals surface area (Å²) < 4.78 is 7.02. The molecule has 4 rings (SSSR count). The second-order valence-electron chi connectivity index (χ2n) is 7.19. The van der Waals surface area contributed by atoms with E-state index in [-0.39, 0.29) is 5.75 Å². The van der Waals surface area contributed by atoms with Crippen molar-refractivity contribution in [2.75, 3.05) is 12.9 Å². The number of carbonyl (C=O) groups is 3. The van der Waals surface area contributed by atoms with Crippen molar-refractivity contribution in [3.8, 4) is 5.75 Å². The highest BCUT2D eigenvalue weighted by molar-refractivity contribution is 7.99. The molecule has 3 aromatic rings. The van der Waals surface area contributed by atoms with Gasteiger partial charge >= 0.3 is 6.03 Å². The van der Waals surface area contributed by atoms with Gasteiger partial charge in [-0.05, 0) is 36.8 Å². The zero-order valence-electron chi connectivity index (χ0n) is 17.2. The van der Waals surface area contributed by atoms with Crippen LogP contribution in [-0.4, -0.2) is 45.3 Å². The standard InChI is InChI=1S/C21H21N5O4S/c1-21(13-8-10-14(30-3)11-9-13)18(28)26(19(29)23-21)24-17(27)12-31-20-22-15-6-4-5-7-16(15)25(20)2/h4-11H,12H2,1-3H3,(H,23,29)(H,24,27)/t21-/m0/s1. The molecule has 1 aliphatic rings. The zero-order chi connectivity index (χ0) is 22.2. The van der Waals surface area contributed by atoms with Crippen LogP contribution >= 0.6 is 11.8 Å². The maximum atomic E-state index is 12.9. The van der Waals surface area contributed by atoms with Crippen molar-refractivity contribution >= 4 is 40.6 Å². The number of amides is 4. The fourth-order valence-corrected chi connectivity index (χ4v) is 4.18. The first-order valence-corrected chi connectivity index (χ1v) is 10.5. The van der Waals surface area contributed by atoms with Crippen LogP contribution in [0, 0.1) is 0 Å². The lowest BCUT2D eigenvalue weighted by molar-refractivity contribution is -0.138. The number of methoxy groups -OCH3 is 1. The molecule has 1 aromatic heterocycles. The molecule has 4 amide bonds. The van der Waals surface area contributed by atoms with Gasteiger partial charge in [0.25, 0.3) is 5.91 Å². The Bertz CT molecular complexity index is 1180. The molecule has 2 N–H and O–H groups in total. The molecule has 0 saturated carbocycles. The van der Waals surface area contributed by atoms with Crippen molar-refractivity contribution < 1.29 is 19.1 Å². The van der Waals surface area contributed by atoms with Crippen molar-refractivity contribution in [2.24, 2.45) is 7.05 Å².